The first-order chi connectivity index (χ1) is 13.8. The van der Waals surface area contributed by atoms with E-state index in [2.05, 4.69) is 20.6 Å². The summed E-state index contributed by atoms with van der Waals surface area (Å²) in [6.45, 7) is 1.21. The van der Waals surface area contributed by atoms with Crippen LogP contribution in [0.1, 0.15) is 12.8 Å². The number of carbonyl (C=O) groups excluding carboxylic acids is 1. The zero-order valence-corrected chi connectivity index (χ0v) is 16.1. The number of amides is 2. The van der Waals surface area contributed by atoms with Crippen LogP contribution in [0.2, 0.25) is 5.02 Å². The van der Waals surface area contributed by atoms with Gasteiger partial charge in [0.1, 0.15) is 5.82 Å². The van der Waals surface area contributed by atoms with Crippen LogP contribution in [0.15, 0.2) is 42.7 Å². The van der Waals surface area contributed by atoms with E-state index < -0.39 is 12.0 Å². The zero-order valence-electron chi connectivity index (χ0n) is 15.3. The highest BCUT2D eigenvalue weighted by Crippen LogP contribution is 2.57. The van der Waals surface area contributed by atoms with Crippen molar-refractivity contribution in [3.8, 4) is 0 Å². The molecule has 5 rings (SSSR count). The van der Waals surface area contributed by atoms with Crippen LogP contribution in [-0.2, 0) is 0 Å². The number of pyridine rings is 1. The normalized spacial score (nSPS) is 18.9. The van der Waals surface area contributed by atoms with Crippen molar-refractivity contribution in [3.05, 3.63) is 47.7 Å². The number of H-pyrrole nitrogens is 1. The Hall–Kier alpha value is -2.87. The van der Waals surface area contributed by atoms with E-state index in [1.165, 1.54) is 0 Å². The summed E-state index contributed by atoms with van der Waals surface area (Å²) < 4.78 is 26.2. The number of aromatic amines is 1. The number of nitrogens with one attached hydrogen (secondary N) is 3. The Morgan fingerprint density at radius 1 is 1.17 bits per heavy atom. The quantitative estimate of drug-likeness (QED) is 0.555. The van der Waals surface area contributed by atoms with Crippen LogP contribution in [0.5, 0.6) is 0 Å². The first kappa shape index (κ1) is 18.2. The summed E-state index contributed by atoms with van der Waals surface area (Å²) >= 11 is 6.02. The van der Waals surface area contributed by atoms with Gasteiger partial charge in [-0.3, -0.25) is 0 Å². The highest BCUT2D eigenvalue weighted by molar-refractivity contribution is 6.31. The largest absolute Gasteiger partial charge is 0.359 e. The van der Waals surface area contributed by atoms with Gasteiger partial charge in [0.25, 0.3) is 0 Å². The maximum Gasteiger partial charge on any atom is 0.323 e. The number of aromatic nitrogens is 2. The van der Waals surface area contributed by atoms with E-state index in [-0.39, 0.29) is 18.3 Å². The molecule has 2 amide bonds. The molecule has 6 nitrogen and oxygen atoms in total. The molecule has 1 aromatic carbocycles. The Morgan fingerprint density at radius 3 is 2.66 bits per heavy atom. The molecule has 2 fully saturated rings. The molecule has 29 heavy (non-hydrogen) atoms. The summed E-state index contributed by atoms with van der Waals surface area (Å²) in [6, 6.07) is 8.51. The molecule has 9 heteroatoms. The Balaban J connectivity index is 1.19. The average Bonchev–Trinajstić information content (AvgIpc) is 3.00. The molecule has 1 saturated carbocycles. The molecule has 1 aliphatic heterocycles. The summed E-state index contributed by atoms with van der Waals surface area (Å²) in [5.41, 5.74) is 1.78. The number of halogens is 3. The number of hydrogen-bond acceptors (Lipinski definition) is 3. The molecule has 0 atom stereocenters. The smallest absolute Gasteiger partial charge is 0.323 e. The molecule has 3 N–H and O–H groups in total. The lowest BCUT2D eigenvalue weighted by Crippen LogP contribution is -2.66. The first-order valence-electron chi connectivity index (χ1n) is 9.25. The Morgan fingerprint density at radius 2 is 1.97 bits per heavy atom. The standard InChI is InChI=1S/C20H18ClF2N5O/c21-12-1-3-15-14(5-12)16(7-24-15)27-18(29)26-13-2-4-17(25-6-13)28-10-19(11-28)8-20(22,23)9-19/h1-7,24H,8-11H2,(H2,26,27,29). The number of carbonyl (C=O) groups is 1. The van der Waals surface area contributed by atoms with Crippen molar-refractivity contribution in [2.45, 2.75) is 18.8 Å². The van der Waals surface area contributed by atoms with Crippen molar-refractivity contribution in [2.75, 3.05) is 28.6 Å². The Labute approximate surface area is 170 Å². The number of rotatable bonds is 3. The van der Waals surface area contributed by atoms with Crippen LogP contribution in [0.25, 0.3) is 10.9 Å². The van der Waals surface area contributed by atoms with E-state index in [4.69, 9.17) is 11.6 Å². The van der Waals surface area contributed by atoms with Crippen molar-refractivity contribution in [1.82, 2.24) is 9.97 Å². The molecule has 3 heterocycles. The third-order valence-corrected chi connectivity index (χ3v) is 5.78. The van der Waals surface area contributed by atoms with Gasteiger partial charge in [-0.15, -0.1) is 0 Å². The monoisotopic (exact) mass is 417 g/mol. The summed E-state index contributed by atoms with van der Waals surface area (Å²) in [7, 11) is 0. The van der Waals surface area contributed by atoms with Crippen LogP contribution >= 0.6 is 11.6 Å². The van der Waals surface area contributed by atoms with Gasteiger partial charge in [0.15, 0.2) is 0 Å². The summed E-state index contributed by atoms with van der Waals surface area (Å²) in [4.78, 5) is 21.7. The van der Waals surface area contributed by atoms with Crippen molar-refractivity contribution in [1.29, 1.82) is 0 Å². The molecule has 2 aromatic heterocycles. The SMILES string of the molecule is O=C(Nc1ccc(N2CC3(C2)CC(F)(F)C3)nc1)Nc1c[nH]c2ccc(Cl)cc12. The molecule has 1 aliphatic carbocycles. The van der Waals surface area contributed by atoms with E-state index >= 15 is 0 Å². The van der Waals surface area contributed by atoms with Crippen LogP contribution < -0.4 is 15.5 Å². The highest BCUT2D eigenvalue weighted by Gasteiger charge is 2.61. The predicted octanol–water partition coefficient (Wildman–Crippen LogP) is 5.10. The van der Waals surface area contributed by atoms with Gasteiger partial charge in [0, 0.05) is 53.5 Å². The minimum atomic E-state index is -2.50. The van der Waals surface area contributed by atoms with Gasteiger partial charge in [-0.05, 0) is 30.3 Å². The molecule has 0 bridgehead atoms. The summed E-state index contributed by atoms with van der Waals surface area (Å²) in [5.74, 6) is -1.78. The molecular formula is C20H18ClF2N5O. The minimum Gasteiger partial charge on any atom is -0.359 e. The number of anilines is 3. The lowest BCUT2D eigenvalue weighted by Gasteiger charge is -2.59. The number of nitrogens with zero attached hydrogens (tertiary/aromatic N) is 2. The van der Waals surface area contributed by atoms with Gasteiger partial charge in [0.2, 0.25) is 5.92 Å². The maximum absolute atomic E-state index is 13.1. The molecule has 0 unspecified atom stereocenters. The van der Waals surface area contributed by atoms with Crippen molar-refractivity contribution in [3.63, 3.8) is 0 Å². The van der Waals surface area contributed by atoms with E-state index in [0.29, 0.717) is 29.5 Å². The van der Waals surface area contributed by atoms with Crippen LogP contribution in [0, 0.1) is 5.41 Å². The molecule has 3 aromatic rings. The molecule has 2 aliphatic rings. The fraction of sp³-hybridized carbons (Fsp3) is 0.300. The third kappa shape index (κ3) is 3.37. The number of alkyl halides is 2. The first-order valence-corrected chi connectivity index (χ1v) is 9.62. The van der Waals surface area contributed by atoms with Gasteiger partial charge >= 0.3 is 6.03 Å². The second-order valence-electron chi connectivity index (χ2n) is 7.94. The Kier molecular flexibility index (Phi) is 3.96. The van der Waals surface area contributed by atoms with E-state index in [1.54, 1.807) is 36.7 Å². The fourth-order valence-corrected chi connectivity index (χ4v) is 4.49. The lowest BCUT2D eigenvalue weighted by molar-refractivity contribution is -0.170. The second-order valence-corrected chi connectivity index (χ2v) is 8.38. The van der Waals surface area contributed by atoms with E-state index in [1.807, 2.05) is 11.0 Å². The molecular weight excluding hydrogens is 400 g/mol. The van der Waals surface area contributed by atoms with Crippen LogP contribution in [-0.4, -0.2) is 35.0 Å². The van der Waals surface area contributed by atoms with Crippen molar-refractivity contribution >= 4 is 45.7 Å². The lowest BCUT2D eigenvalue weighted by atomic mass is 9.61. The number of urea groups is 1. The molecule has 150 valence electrons. The number of hydrogen-bond donors (Lipinski definition) is 3. The molecule has 0 radical (unpaired) electrons. The predicted molar refractivity (Wildman–Crippen MR) is 109 cm³/mol. The third-order valence-electron chi connectivity index (χ3n) is 5.54. The molecule has 1 saturated heterocycles. The average molecular weight is 418 g/mol. The number of benzene rings is 1. The highest BCUT2D eigenvalue weighted by atomic mass is 35.5. The maximum atomic E-state index is 13.1. The fourth-order valence-electron chi connectivity index (χ4n) is 4.32. The van der Waals surface area contributed by atoms with Gasteiger partial charge in [-0.25, -0.2) is 18.6 Å². The van der Waals surface area contributed by atoms with E-state index in [9.17, 15) is 13.6 Å². The van der Waals surface area contributed by atoms with Crippen molar-refractivity contribution in [2.24, 2.45) is 5.41 Å². The number of fused-ring (bicyclic) bond motifs is 1. The zero-order chi connectivity index (χ0) is 20.2. The second kappa shape index (κ2) is 6.32. The topological polar surface area (TPSA) is 73.1 Å². The minimum absolute atomic E-state index is 0.0324. The van der Waals surface area contributed by atoms with Gasteiger partial charge < -0.3 is 20.5 Å². The summed E-state index contributed by atoms with van der Waals surface area (Å²) in [5, 5.41) is 6.92. The Bertz CT molecular complexity index is 1080. The van der Waals surface area contributed by atoms with Gasteiger partial charge in [0.05, 0.1) is 17.6 Å². The molecule has 1 spiro atoms. The summed E-state index contributed by atoms with van der Waals surface area (Å²) in [6.07, 6.45) is 3.19. The van der Waals surface area contributed by atoms with E-state index in [0.717, 1.165) is 16.7 Å². The van der Waals surface area contributed by atoms with Crippen LogP contribution in [0.3, 0.4) is 0 Å². The van der Waals surface area contributed by atoms with Gasteiger partial charge in [-0.1, -0.05) is 11.6 Å². The van der Waals surface area contributed by atoms with Gasteiger partial charge in [-0.2, -0.15) is 0 Å². The van der Waals surface area contributed by atoms with Crippen molar-refractivity contribution < 1.29 is 13.6 Å². The van der Waals surface area contributed by atoms with Crippen LogP contribution in [0.4, 0.5) is 30.8 Å².